The number of fused-ring (bicyclic) bond motifs is 9. The Kier molecular flexibility index (Phi) is 8.39. The van der Waals surface area contributed by atoms with Gasteiger partial charge < -0.3 is 43.4 Å². The van der Waals surface area contributed by atoms with E-state index in [9.17, 15) is 24.9 Å². The van der Waals surface area contributed by atoms with Gasteiger partial charge in [-0.05, 0) is 44.5 Å². The van der Waals surface area contributed by atoms with E-state index in [1.807, 2.05) is 51.2 Å². The number of aromatic hydroxyl groups is 1. The van der Waals surface area contributed by atoms with Crippen molar-refractivity contribution in [3.05, 3.63) is 75.0 Å². The number of benzene rings is 3. The highest BCUT2D eigenvalue weighted by Crippen LogP contribution is 2.65. The summed E-state index contributed by atoms with van der Waals surface area (Å²) in [5.74, 6) is 1.08. The first kappa shape index (κ1) is 36.8. The van der Waals surface area contributed by atoms with Crippen LogP contribution in [0.3, 0.4) is 0 Å². The number of methoxy groups -OCH3 is 1. The Labute approximate surface area is 332 Å². The average molecular weight is 800 g/mol. The molecule has 1 spiro atoms. The predicted octanol–water partition coefficient (Wildman–Crippen LogP) is 4.20. The fourth-order valence-electron chi connectivity index (χ4n) is 10.9. The molecule has 8 aliphatic heterocycles. The number of aliphatic hydroxyl groups is 2. The second-order valence-electron chi connectivity index (χ2n) is 16.2. The molecule has 0 saturated carbocycles. The number of aryl methyl sites for hydroxylation is 1. The van der Waals surface area contributed by atoms with Crippen LogP contribution < -0.4 is 24.3 Å². The van der Waals surface area contributed by atoms with E-state index in [0.29, 0.717) is 63.0 Å². The summed E-state index contributed by atoms with van der Waals surface area (Å²) in [5.41, 5.74) is 2.59. The molecule has 4 bridgehead atoms. The van der Waals surface area contributed by atoms with E-state index in [0.717, 1.165) is 22.1 Å². The van der Waals surface area contributed by atoms with Crippen LogP contribution in [0.1, 0.15) is 75.4 Å². The van der Waals surface area contributed by atoms with Crippen molar-refractivity contribution in [1.82, 2.24) is 15.1 Å². The number of esters is 2. The number of carbonyl (C=O) groups is 2. The van der Waals surface area contributed by atoms with Crippen LogP contribution in [0.25, 0.3) is 11.0 Å². The molecule has 3 unspecified atom stereocenters. The first-order chi connectivity index (χ1) is 27.4. The summed E-state index contributed by atoms with van der Waals surface area (Å²) in [6, 6.07) is 7.40. The first-order valence-electron chi connectivity index (χ1n) is 19.3. The summed E-state index contributed by atoms with van der Waals surface area (Å²) in [5, 5.41) is 39.8. The molecule has 2 saturated heterocycles. The van der Waals surface area contributed by atoms with Crippen LogP contribution in [0.5, 0.6) is 28.7 Å². The number of para-hydroxylation sites is 1. The molecule has 4 N–H and O–H groups in total. The second-order valence-corrected chi connectivity index (χ2v) is 17.3. The average Bonchev–Trinajstić information content (AvgIpc) is 3.76. The van der Waals surface area contributed by atoms with Gasteiger partial charge in [0.05, 0.1) is 31.6 Å². The lowest BCUT2D eigenvalue weighted by molar-refractivity contribution is -0.209. The predicted molar refractivity (Wildman–Crippen MR) is 207 cm³/mol. The lowest BCUT2D eigenvalue weighted by Gasteiger charge is -2.60. The Bertz CT molecular complexity index is 2380. The first-order valence-corrected chi connectivity index (χ1v) is 20.4. The number of nitrogens with one attached hydrogen (secondary N) is 1. The van der Waals surface area contributed by atoms with Gasteiger partial charge in [0.2, 0.25) is 6.79 Å². The maximum absolute atomic E-state index is 14.8. The number of nitrogens with zero attached hydrogens (tertiary/aromatic N) is 2. The number of thioether (sulfide) groups is 1. The van der Waals surface area contributed by atoms with E-state index in [2.05, 4.69) is 15.1 Å². The van der Waals surface area contributed by atoms with Crippen LogP contribution in [0.2, 0.25) is 0 Å². The van der Waals surface area contributed by atoms with Crippen LogP contribution >= 0.6 is 11.8 Å². The van der Waals surface area contributed by atoms with Gasteiger partial charge in [0.25, 0.3) is 0 Å². The number of likely N-dealkylation sites (N-methyl/N-ethyl adjacent to an activating group) is 1. The molecular weight excluding hydrogens is 755 g/mol. The smallest absolute Gasteiger partial charge is 0.335 e. The molecule has 2 fully saturated rings. The third-order valence-electron chi connectivity index (χ3n) is 12.9. The standard InChI is InChI=1S/C42H45N3O11S/c1-19-12-22-14-41(50)16-44(4)31(28(22)33(48)34(19)51-5)32-38-30-29(37-36(53-18-54-37)20(2)35(30)55-21(3)47)26(45(32)41)10-11-52-40(49)42(17-57-38)39-25(13-23(15-46)43-42)24-8-6-7-9-27(24)56-39/h6-9,12,23,26,31-32,38,43,46,48,50H,10-11,13-18H2,1-5H3/t23-,26-,31?,32+,38+,41?,42+/m0/s1. The number of aliphatic hydroxyl groups excluding tert-OH is 1. The van der Waals surface area contributed by atoms with Gasteiger partial charge in [-0.1, -0.05) is 24.3 Å². The molecule has 3 aromatic carbocycles. The number of phenolic OH excluding ortho intramolecular Hbond substituents is 1. The Morgan fingerprint density at radius 1 is 1.11 bits per heavy atom. The van der Waals surface area contributed by atoms with Gasteiger partial charge in [-0.15, -0.1) is 11.8 Å². The van der Waals surface area contributed by atoms with Crippen molar-refractivity contribution in [3.63, 3.8) is 0 Å². The molecule has 9 heterocycles. The van der Waals surface area contributed by atoms with Gasteiger partial charge in [0, 0.05) is 83.4 Å². The molecule has 0 aliphatic carbocycles. The molecule has 8 atom stereocenters. The Morgan fingerprint density at radius 3 is 2.67 bits per heavy atom. The van der Waals surface area contributed by atoms with Gasteiger partial charge in [-0.25, -0.2) is 4.79 Å². The number of furan rings is 1. The van der Waals surface area contributed by atoms with E-state index in [4.69, 9.17) is 28.1 Å². The highest BCUT2D eigenvalue weighted by Gasteiger charge is 2.63. The molecule has 15 heteroatoms. The highest BCUT2D eigenvalue weighted by atomic mass is 32.2. The summed E-state index contributed by atoms with van der Waals surface area (Å²) in [7, 11) is 3.48. The van der Waals surface area contributed by atoms with Gasteiger partial charge in [0.1, 0.15) is 22.8 Å². The monoisotopic (exact) mass is 799 g/mol. The van der Waals surface area contributed by atoms with E-state index >= 15 is 0 Å². The SMILES string of the molecule is COc1c(C)cc2c(c1O)C1[C@@H]3[C@@H]4SC[C@]5(N[C@H](CO)Cc6c5oc5ccccc65)C(=O)OCC[C@@H](c5c6c(c(C)c(OC(C)=O)c54)OCO6)N3C(O)(C2)CN1C. The number of ether oxygens (including phenoxy) is 5. The molecule has 8 aliphatic rings. The van der Waals surface area contributed by atoms with Crippen LogP contribution in [0.15, 0.2) is 34.7 Å². The molecule has 4 aromatic rings. The minimum Gasteiger partial charge on any atom is -0.504 e. The topological polar surface area (TPSA) is 173 Å². The van der Waals surface area contributed by atoms with Crippen LogP contribution in [0.4, 0.5) is 0 Å². The Morgan fingerprint density at radius 2 is 1.89 bits per heavy atom. The van der Waals surface area contributed by atoms with Gasteiger partial charge >= 0.3 is 11.9 Å². The van der Waals surface area contributed by atoms with Gasteiger partial charge in [-0.3, -0.25) is 19.9 Å². The number of hydrogen-bond acceptors (Lipinski definition) is 15. The third-order valence-corrected chi connectivity index (χ3v) is 14.4. The summed E-state index contributed by atoms with van der Waals surface area (Å²) < 4.78 is 37.2. The number of rotatable bonds is 3. The van der Waals surface area contributed by atoms with Gasteiger partial charge in [-0.2, -0.15) is 0 Å². The lowest BCUT2D eigenvalue weighted by atomic mass is 9.77. The van der Waals surface area contributed by atoms with Crippen molar-refractivity contribution in [2.75, 3.05) is 46.5 Å². The Hall–Kier alpha value is -4.51. The van der Waals surface area contributed by atoms with Crippen LogP contribution in [-0.4, -0.2) is 101 Å². The molecule has 1 aromatic heterocycles. The highest BCUT2D eigenvalue weighted by molar-refractivity contribution is 7.99. The number of hydrogen-bond donors (Lipinski definition) is 4. The molecule has 14 nitrogen and oxygen atoms in total. The fourth-order valence-corrected chi connectivity index (χ4v) is 12.5. The molecular formula is C42H45N3O11S. The van der Waals surface area contributed by atoms with E-state index in [1.54, 1.807) is 0 Å². The lowest BCUT2D eigenvalue weighted by Crippen LogP contribution is -2.69. The van der Waals surface area contributed by atoms with Crippen molar-refractivity contribution in [2.24, 2.45) is 0 Å². The Balaban J connectivity index is 1.26. The van der Waals surface area contributed by atoms with E-state index < -0.39 is 52.6 Å². The van der Waals surface area contributed by atoms with Crippen molar-refractivity contribution in [3.8, 4) is 28.7 Å². The zero-order valence-electron chi connectivity index (χ0n) is 32.3. The van der Waals surface area contributed by atoms with Crippen LogP contribution in [0, 0.1) is 13.8 Å². The minimum atomic E-state index is -1.54. The number of phenols is 1. The van der Waals surface area contributed by atoms with Gasteiger partial charge in [0.15, 0.2) is 28.5 Å². The quantitative estimate of drug-likeness (QED) is 0.172. The van der Waals surface area contributed by atoms with Crippen molar-refractivity contribution in [1.29, 1.82) is 0 Å². The molecule has 300 valence electrons. The summed E-state index contributed by atoms with van der Waals surface area (Å²) in [6.45, 7) is 4.97. The van der Waals surface area contributed by atoms with Crippen molar-refractivity contribution < 1.29 is 53.0 Å². The van der Waals surface area contributed by atoms with Crippen molar-refractivity contribution in [2.45, 2.75) is 80.7 Å². The maximum Gasteiger partial charge on any atom is 0.335 e. The zero-order chi connectivity index (χ0) is 39.7. The number of carbonyl (C=O) groups excluding carboxylic acids is 2. The maximum atomic E-state index is 14.8. The molecule has 0 amide bonds. The van der Waals surface area contributed by atoms with Crippen LogP contribution in [-0.2, 0) is 32.7 Å². The molecule has 12 rings (SSSR count). The summed E-state index contributed by atoms with van der Waals surface area (Å²) >= 11 is 1.44. The molecule has 57 heavy (non-hydrogen) atoms. The van der Waals surface area contributed by atoms with E-state index in [-0.39, 0.29) is 50.9 Å². The fraction of sp³-hybridized carbons (Fsp3) is 0.476. The number of piperazine rings is 1. The van der Waals surface area contributed by atoms with Crippen molar-refractivity contribution >= 4 is 34.7 Å². The second kappa shape index (κ2) is 13.0. The third kappa shape index (κ3) is 5.08. The largest absolute Gasteiger partial charge is 0.504 e. The summed E-state index contributed by atoms with van der Waals surface area (Å²) in [4.78, 5) is 32.1. The minimum absolute atomic E-state index is 0.00886. The molecule has 0 radical (unpaired) electrons. The van der Waals surface area contributed by atoms with E-state index in [1.165, 1.54) is 25.8 Å². The summed E-state index contributed by atoms with van der Waals surface area (Å²) in [6.07, 6.45) is 0.847. The normalized spacial score (nSPS) is 31.2. The zero-order valence-corrected chi connectivity index (χ0v) is 33.2.